The lowest BCUT2D eigenvalue weighted by Gasteiger charge is -2.20. The van der Waals surface area contributed by atoms with E-state index < -0.39 is 0 Å². The first-order chi connectivity index (χ1) is 13.5. The molecule has 1 amide bonds. The van der Waals surface area contributed by atoms with E-state index in [2.05, 4.69) is 21.7 Å². The van der Waals surface area contributed by atoms with Crippen molar-refractivity contribution in [3.8, 4) is 0 Å². The molecule has 0 spiro atoms. The number of likely N-dealkylation sites (N-methyl/N-ethyl adjacent to an activating group) is 1. The maximum absolute atomic E-state index is 12.0. The molecule has 2 aromatic carbocycles. The fourth-order valence-corrected chi connectivity index (χ4v) is 3.23. The summed E-state index contributed by atoms with van der Waals surface area (Å²) in [4.78, 5) is 18.2. The molecule has 0 aliphatic heterocycles. The molecule has 6 heteroatoms. The Morgan fingerprint density at radius 3 is 2.50 bits per heavy atom. The van der Waals surface area contributed by atoms with E-state index in [1.165, 1.54) is 5.56 Å². The summed E-state index contributed by atoms with van der Waals surface area (Å²) in [6, 6.07) is 18.1. The lowest BCUT2D eigenvalue weighted by molar-refractivity contribution is -0.127. The van der Waals surface area contributed by atoms with Gasteiger partial charge in [0.25, 0.3) is 0 Å². The lowest BCUT2D eigenvalue weighted by Crippen LogP contribution is -2.45. The first-order valence-electron chi connectivity index (χ1n) is 9.51. The van der Waals surface area contributed by atoms with Crippen molar-refractivity contribution in [2.75, 3.05) is 27.2 Å². The average molecular weight is 399 g/mol. The fraction of sp³-hybridized carbons (Fsp3) is 0.364. The number of rotatable bonds is 7. The molecule has 1 aliphatic carbocycles. The molecule has 0 atom stereocenters. The zero-order chi connectivity index (χ0) is 20.0. The number of amides is 1. The van der Waals surface area contributed by atoms with Crippen LogP contribution in [0.2, 0.25) is 5.02 Å². The van der Waals surface area contributed by atoms with Crippen LogP contribution in [0.1, 0.15) is 24.0 Å². The lowest BCUT2D eigenvalue weighted by atomic mass is 9.96. The highest BCUT2D eigenvalue weighted by atomic mass is 35.5. The van der Waals surface area contributed by atoms with Crippen molar-refractivity contribution >= 4 is 23.5 Å². The first kappa shape index (κ1) is 20.2. The minimum atomic E-state index is 0.00480. The van der Waals surface area contributed by atoms with Gasteiger partial charge in [0.15, 0.2) is 5.96 Å². The Labute approximate surface area is 171 Å². The van der Waals surface area contributed by atoms with Crippen LogP contribution in [0, 0.1) is 0 Å². The van der Waals surface area contributed by atoms with Crippen molar-refractivity contribution in [3.05, 3.63) is 70.7 Å². The summed E-state index contributed by atoms with van der Waals surface area (Å²) < 4.78 is 0. The molecule has 1 fully saturated rings. The van der Waals surface area contributed by atoms with Crippen LogP contribution in [0.4, 0.5) is 0 Å². The number of nitrogens with one attached hydrogen (secondary N) is 2. The van der Waals surface area contributed by atoms with Gasteiger partial charge in [0.05, 0.1) is 13.1 Å². The number of carbonyl (C=O) groups is 1. The molecule has 2 aromatic rings. The largest absolute Gasteiger partial charge is 0.355 e. The molecule has 0 unspecified atom stereocenters. The molecular formula is C22H27ClN4O. The van der Waals surface area contributed by atoms with Gasteiger partial charge in [-0.3, -0.25) is 4.79 Å². The van der Waals surface area contributed by atoms with Crippen molar-refractivity contribution in [1.29, 1.82) is 0 Å². The SMILES string of the molecule is CN(C)C(=O)CNC(=NCc1ccccc1)NCC1(c2cccc(Cl)c2)CC1. The van der Waals surface area contributed by atoms with E-state index in [1.54, 1.807) is 19.0 Å². The number of hydrogen-bond donors (Lipinski definition) is 2. The highest BCUT2D eigenvalue weighted by Crippen LogP contribution is 2.48. The third-order valence-corrected chi connectivity index (χ3v) is 5.29. The number of aliphatic imine (C=N–C) groups is 1. The van der Waals surface area contributed by atoms with E-state index in [9.17, 15) is 4.79 Å². The molecular weight excluding hydrogens is 372 g/mol. The number of benzene rings is 2. The van der Waals surface area contributed by atoms with Gasteiger partial charge in [0.2, 0.25) is 5.91 Å². The summed E-state index contributed by atoms with van der Waals surface area (Å²) in [5.41, 5.74) is 2.46. The Balaban J connectivity index is 1.67. The molecule has 148 valence electrons. The van der Waals surface area contributed by atoms with Crippen LogP contribution >= 0.6 is 11.6 Å². The normalized spacial score (nSPS) is 15.0. The summed E-state index contributed by atoms with van der Waals surface area (Å²) in [6.07, 6.45) is 2.23. The quantitative estimate of drug-likeness (QED) is 0.556. The van der Waals surface area contributed by atoms with Crippen molar-refractivity contribution in [2.45, 2.75) is 24.8 Å². The number of halogens is 1. The number of nitrogens with zero attached hydrogens (tertiary/aromatic N) is 2. The Bertz CT molecular complexity index is 831. The van der Waals surface area contributed by atoms with Crippen molar-refractivity contribution in [3.63, 3.8) is 0 Å². The molecule has 0 aromatic heterocycles. The summed E-state index contributed by atoms with van der Waals surface area (Å²) >= 11 is 6.17. The van der Waals surface area contributed by atoms with Crippen molar-refractivity contribution in [2.24, 2.45) is 4.99 Å². The highest BCUT2D eigenvalue weighted by Gasteiger charge is 2.44. The molecule has 1 aliphatic rings. The topological polar surface area (TPSA) is 56.7 Å². The van der Waals surface area contributed by atoms with Crippen LogP contribution in [0.25, 0.3) is 0 Å². The summed E-state index contributed by atoms with van der Waals surface area (Å²) in [5, 5.41) is 7.35. The van der Waals surface area contributed by atoms with Crippen molar-refractivity contribution < 1.29 is 4.79 Å². The summed E-state index contributed by atoms with van der Waals surface area (Å²) in [5.74, 6) is 0.651. The molecule has 2 N–H and O–H groups in total. The van der Waals surface area contributed by atoms with Gasteiger partial charge in [-0.25, -0.2) is 4.99 Å². The van der Waals surface area contributed by atoms with E-state index in [0.29, 0.717) is 12.5 Å². The molecule has 5 nitrogen and oxygen atoms in total. The van der Waals surface area contributed by atoms with Crippen LogP contribution in [0.15, 0.2) is 59.6 Å². The summed E-state index contributed by atoms with van der Waals surface area (Å²) in [7, 11) is 3.49. The predicted octanol–water partition coefficient (Wildman–Crippen LogP) is 3.20. The number of carbonyl (C=O) groups excluding carboxylic acids is 1. The second-order valence-electron chi connectivity index (χ2n) is 7.44. The molecule has 3 rings (SSSR count). The van der Waals surface area contributed by atoms with E-state index in [1.807, 2.05) is 48.5 Å². The average Bonchev–Trinajstić information content (AvgIpc) is 3.49. The zero-order valence-corrected chi connectivity index (χ0v) is 17.2. The van der Waals surface area contributed by atoms with Gasteiger partial charge in [0, 0.05) is 31.1 Å². The van der Waals surface area contributed by atoms with Crippen LogP contribution in [0.3, 0.4) is 0 Å². The van der Waals surface area contributed by atoms with Gasteiger partial charge in [-0.15, -0.1) is 0 Å². The third-order valence-electron chi connectivity index (χ3n) is 5.05. The Hall–Kier alpha value is -2.53. The molecule has 1 saturated carbocycles. The molecule has 0 saturated heterocycles. The number of guanidine groups is 1. The van der Waals surface area contributed by atoms with Gasteiger partial charge < -0.3 is 15.5 Å². The molecule has 28 heavy (non-hydrogen) atoms. The minimum Gasteiger partial charge on any atom is -0.355 e. The second-order valence-corrected chi connectivity index (χ2v) is 7.87. The molecule has 0 heterocycles. The Morgan fingerprint density at radius 1 is 1.11 bits per heavy atom. The predicted molar refractivity (Wildman–Crippen MR) is 115 cm³/mol. The van der Waals surface area contributed by atoms with Crippen molar-refractivity contribution in [1.82, 2.24) is 15.5 Å². The maximum atomic E-state index is 12.0. The van der Waals surface area contributed by atoms with E-state index in [-0.39, 0.29) is 17.9 Å². The Kier molecular flexibility index (Phi) is 6.57. The first-order valence-corrected chi connectivity index (χ1v) is 9.89. The van der Waals surface area contributed by atoms with E-state index >= 15 is 0 Å². The van der Waals surface area contributed by atoms with Crippen LogP contribution < -0.4 is 10.6 Å². The van der Waals surface area contributed by atoms with E-state index in [4.69, 9.17) is 11.6 Å². The summed E-state index contributed by atoms with van der Waals surface area (Å²) in [6.45, 7) is 1.51. The smallest absolute Gasteiger partial charge is 0.241 e. The maximum Gasteiger partial charge on any atom is 0.241 e. The van der Waals surface area contributed by atoms with Crippen LogP contribution in [-0.4, -0.2) is 44.0 Å². The number of hydrogen-bond acceptors (Lipinski definition) is 2. The third kappa shape index (κ3) is 5.49. The zero-order valence-electron chi connectivity index (χ0n) is 16.4. The molecule has 0 bridgehead atoms. The monoisotopic (exact) mass is 398 g/mol. The second kappa shape index (κ2) is 9.11. The fourth-order valence-electron chi connectivity index (χ4n) is 3.04. The van der Waals surface area contributed by atoms with Crippen LogP contribution in [0.5, 0.6) is 0 Å². The van der Waals surface area contributed by atoms with Gasteiger partial charge in [-0.1, -0.05) is 54.1 Å². The molecule has 0 radical (unpaired) electrons. The van der Waals surface area contributed by atoms with Gasteiger partial charge in [0.1, 0.15) is 0 Å². The minimum absolute atomic E-state index is 0.00480. The van der Waals surface area contributed by atoms with Gasteiger partial charge in [-0.2, -0.15) is 0 Å². The van der Waals surface area contributed by atoms with Crippen LogP contribution in [-0.2, 0) is 16.8 Å². The van der Waals surface area contributed by atoms with Gasteiger partial charge >= 0.3 is 0 Å². The van der Waals surface area contributed by atoms with Gasteiger partial charge in [-0.05, 0) is 36.1 Å². The van der Waals surface area contributed by atoms with E-state index in [0.717, 1.165) is 30.0 Å². The Morgan fingerprint density at radius 2 is 1.86 bits per heavy atom. The highest BCUT2D eigenvalue weighted by molar-refractivity contribution is 6.30. The standard InChI is InChI=1S/C22H27ClN4O/c1-27(2)20(28)15-25-21(24-14-17-7-4-3-5-8-17)26-16-22(11-12-22)18-9-6-10-19(23)13-18/h3-10,13H,11-12,14-16H2,1-2H3,(H2,24,25,26).